The third kappa shape index (κ3) is 6.71. The minimum atomic E-state index is 0. The summed E-state index contributed by atoms with van der Waals surface area (Å²) in [6.45, 7) is 1.51. The van der Waals surface area contributed by atoms with E-state index in [4.69, 9.17) is 4.74 Å². The van der Waals surface area contributed by atoms with Crippen LogP contribution in [0.4, 0.5) is 0 Å². The first-order chi connectivity index (χ1) is 7.80. The zero-order chi connectivity index (χ0) is 11.8. The van der Waals surface area contributed by atoms with Crippen molar-refractivity contribution in [3.8, 4) is 0 Å². The summed E-state index contributed by atoms with van der Waals surface area (Å²) in [5, 5.41) is 7.51. The molecule has 4 nitrogen and oxygen atoms in total. The van der Waals surface area contributed by atoms with Gasteiger partial charge in [-0.15, -0.1) is 24.0 Å². The summed E-state index contributed by atoms with van der Waals surface area (Å²) >= 11 is 1.97. The topological polar surface area (TPSA) is 45.7 Å². The average molecular weight is 373 g/mol. The predicted octanol–water partition coefficient (Wildman–Crippen LogP) is 1.70. The van der Waals surface area contributed by atoms with Crippen LogP contribution in [0.5, 0.6) is 0 Å². The average Bonchev–Trinajstić information content (AvgIpc) is 2.75. The highest BCUT2D eigenvalue weighted by molar-refractivity contribution is 14.0. The highest BCUT2D eigenvalue weighted by Crippen LogP contribution is 2.27. The number of aliphatic imine (C=N–C) groups is 1. The van der Waals surface area contributed by atoms with E-state index < -0.39 is 0 Å². The fourth-order valence-electron chi connectivity index (χ4n) is 1.94. The van der Waals surface area contributed by atoms with Crippen LogP contribution in [-0.4, -0.2) is 50.8 Å². The number of rotatable bonds is 5. The predicted molar refractivity (Wildman–Crippen MR) is 86.7 cm³/mol. The van der Waals surface area contributed by atoms with Crippen molar-refractivity contribution in [2.75, 3.05) is 33.6 Å². The van der Waals surface area contributed by atoms with Crippen LogP contribution in [-0.2, 0) is 4.74 Å². The normalized spacial score (nSPS) is 24.3. The van der Waals surface area contributed by atoms with Crippen molar-refractivity contribution in [2.24, 2.45) is 4.99 Å². The maximum Gasteiger partial charge on any atom is 0.191 e. The van der Waals surface area contributed by atoms with E-state index in [1.54, 1.807) is 7.11 Å². The van der Waals surface area contributed by atoms with Gasteiger partial charge in [-0.1, -0.05) is 0 Å². The number of guanidine groups is 1. The van der Waals surface area contributed by atoms with Gasteiger partial charge < -0.3 is 15.4 Å². The fourth-order valence-corrected chi connectivity index (χ4v) is 2.74. The van der Waals surface area contributed by atoms with Crippen LogP contribution in [0.2, 0.25) is 0 Å². The smallest absolute Gasteiger partial charge is 0.191 e. The standard InChI is InChI=1S/C11H23N3OS.HI/c1-12-11(13-6-7-15-2)14-9-4-5-10(8-9)16-3;/h9-10H,4-8H2,1-3H3,(H2,12,13,14);1H. The Morgan fingerprint density at radius 3 is 2.76 bits per heavy atom. The Balaban J connectivity index is 0.00000256. The van der Waals surface area contributed by atoms with Gasteiger partial charge in [-0.2, -0.15) is 11.8 Å². The van der Waals surface area contributed by atoms with Crippen molar-refractivity contribution in [3.05, 3.63) is 0 Å². The number of nitrogens with zero attached hydrogens (tertiary/aromatic N) is 1. The van der Waals surface area contributed by atoms with E-state index >= 15 is 0 Å². The van der Waals surface area contributed by atoms with Crippen LogP contribution >= 0.6 is 35.7 Å². The molecule has 0 aromatic heterocycles. The fraction of sp³-hybridized carbons (Fsp3) is 0.909. The summed E-state index contributed by atoms with van der Waals surface area (Å²) < 4.78 is 4.99. The molecule has 1 rings (SSSR count). The van der Waals surface area contributed by atoms with E-state index in [0.29, 0.717) is 12.6 Å². The number of halogens is 1. The Morgan fingerprint density at radius 2 is 2.24 bits per heavy atom. The molecule has 1 aliphatic carbocycles. The van der Waals surface area contributed by atoms with Crippen molar-refractivity contribution in [1.29, 1.82) is 0 Å². The molecule has 0 saturated heterocycles. The van der Waals surface area contributed by atoms with Crippen LogP contribution in [0.1, 0.15) is 19.3 Å². The van der Waals surface area contributed by atoms with E-state index in [1.165, 1.54) is 19.3 Å². The van der Waals surface area contributed by atoms with Crippen molar-refractivity contribution in [3.63, 3.8) is 0 Å². The summed E-state index contributed by atoms with van der Waals surface area (Å²) in [5.74, 6) is 0.892. The highest BCUT2D eigenvalue weighted by Gasteiger charge is 2.24. The molecule has 0 spiro atoms. The first-order valence-corrected chi connectivity index (χ1v) is 7.07. The molecule has 0 aliphatic heterocycles. The van der Waals surface area contributed by atoms with E-state index in [0.717, 1.165) is 17.8 Å². The lowest BCUT2D eigenvalue weighted by molar-refractivity contribution is 0.203. The molecule has 0 aromatic carbocycles. The zero-order valence-corrected chi connectivity index (χ0v) is 14.0. The Kier molecular flexibility index (Phi) is 10.4. The van der Waals surface area contributed by atoms with E-state index in [-0.39, 0.29) is 24.0 Å². The Morgan fingerprint density at radius 1 is 1.47 bits per heavy atom. The van der Waals surface area contributed by atoms with Crippen LogP contribution in [0, 0.1) is 0 Å². The van der Waals surface area contributed by atoms with Crippen LogP contribution in [0.25, 0.3) is 0 Å². The first-order valence-electron chi connectivity index (χ1n) is 5.79. The van der Waals surface area contributed by atoms with E-state index in [2.05, 4.69) is 21.9 Å². The third-order valence-electron chi connectivity index (χ3n) is 2.88. The number of thioether (sulfide) groups is 1. The number of nitrogens with one attached hydrogen (secondary N) is 2. The summed E-state index contributed by atoms with van der Waals surface area (Å²) in [6, 6.07) is 0.575. The van der Waals surface area contributed by atoms with E-state index in [1.807, 2.05) is 18.8 Å². The van der Waals surface area contributed by atoms with Gasteiger partial charge in [0.1, 0.15) is 0 Å². The SMILES string of the molecule is CN=C(NCCOC)NC1CCC(SC)C1.I. The maximum absolute atomic E-state index is 4.99. The van der Waals surface area contributed by atoms with Gasteiger partial charge in [0, 0.05) is 32.0 Å². The largest absolute Gasteiger partial charge is 0.383 e. The monoisotopic (exact) mass is 373 g/mol. The number of hydrogen-bond acceptors (Lipinski definition) is 3. The van der Waals surface area contributed by atoms with Crippen molar-refractivity contribution < 1.29 is 4.74 Å². The lowest BCUT2D eigenvalue weighted by Gasteiger charge is -2.17. The van der Waals surface area contributed by atoms with Gasteiger partial charge in [0.05, 0.1) is 6.61 Å². The first kappa shape index (κ1) is 17.3. The molecule has 2 N–H and O–H groups in total. The van der Waals surface area contributed by atoms with Gasteiger partial charge >= 0.3 is 0 Å². The third-order valence-corrected chi connectivity index (χ3v) is 3.98. The second-order valence-electron chi connectivity index (χ2n) is 4.00. The number of hydrogen-bond donors (Lipinski definition) is 2. The van der Waals surface area contributed by atoms with Gasteiger partial charge in [-0.25, -0.2) is 0 Å². The van der Waals surface area contributed by atoms with Crippen LogP contribution in [0.15, 0.2) is 4.99 Å². The van der Waals surface area contributed by atoms with Gasteiger partial charge in [-0.05, 0) is 25.5 Å². The summed E-state index contributed by atoms with van der Waals surface area (Å²) in [5.41, 5.74) is 0. The minimum Gasteiger partial charge on any atom is -0.383 e. The molecule has 6 heteroatoms. The Bertz CT molecular complexity index is 229. The second-order valence-corrected chi connectivity index (χ2v) is 5.14. The highest BCUT2D eigenvalue weighted by atomic mass is 127. The zero-order valence-electron chi connectivity index (χ0n) is 10.9. The Labute approximate surface area is 126 Å². The van der Waals surface area contributed by atoms with Crippen LogP contribution in [0.3, 0.4) is 0 Å². The summed E-state index contributed by atoms with van der Waals surface area (Å²) in [4.78, 5) is 4.21. The van der Waals surface area contributed by atoms with Crippen molar-refractivity contribution >= 4 is 41.7 Å². The van der Waals surface area contributed by atoms with Crippen LogP contribution < -0.4 is 10.6 Å². The van der Waals surface area contributed by atoms with Crippen molar-refractivity contribution in [2.45, 2.75) is 30.6 Å². The van der Waals surface area contributed by atoms with Crippen molar-refractivity contribution in [1.82, 2.24) is 10.6 Å². The molecular weight excluding hydrogens is 349 g/mol. The molecule has 0 amide bonds. The molecule has 0 radical (unpaired) electrons. The molecular formula is C11H24IN3OS. The molecule has 1 saturated carbocycles. The molecule has 1 aliphatic rings. The van der Waals surface area contributed by atoms with Gasteiger partial charge in [0.2, 0.25) is 0 Å². The molecule has 102 valence electrons. The summed E-state index contributed by atoms with van der Waals surface area (Å²) in [6.07, 6.45) is 6.00. The van der Waals surface area contributed by atoms with Gasteiger partial charge in [0.15, 0.2) is 5.96 Å². The summed E-state index contributed by atoms with van der Waals surface area (Å²) in [7, 11) is 3.51. The lowest BCUT2D eigenvalue weighted by atomic mass is 10.2. The second kappa shape index (κ2) is 10.3. The molecule has 2 atom stereocenters. The molecule has 0 bridgehead atoms. The maximum atomic E-state index is 4.99. The molecule has 0 heterocycles. The molecule has 1 fully saturated rings. The van der Waals surface area contributed by atoms with Gasteiger partial charge in [0.25, 0.3) is 0 Å². The molecule has 0 aromatic rings. The van der Waals surface area contributed by atoms with Gasteiger partial charge in [-0.3, -0.25) is 4.99 Å². The number of methoxy groups -OCH3 is 1. The molecule has 17 heavy (non-hydrogen) atoms. The van der Waals surface area contributed by atoms with E-state index in [9.17, 15) is 0 Å². The Hall–Kier alpha value is 0.310. The molecule has 2 unspecified atom stereocenters. The quantitative estimate of drug-likeness (QED) is 0.333. The number of ether oxygens (including phenoxy) is 1. The minimum absolute atomic E-state index is 0. The lowest BCUT2D eigenvalue weighted by Crippen LogP contribution is -2.43.